The fourth-order valence-corrected chi connectivity index (χ4v) is 3.69. The second kappa shape index (κ2) is 11.5. The molecule has 3 aromatic rings. The third kappa shape index (κ3) is 6.31. The number of rotatable bonds is 10. The van der Waals surface area contributed by atoms with Gasteiger partial charge in [0.15, 0.2) is 6.61 Å². The third-order valence-corrected chi connectivity index (χ3v) is 5.75. The van der Waals surface area contributed by atoms with Gasteiger partial charge in [0.1, 0.15) is 17.6 Å². The molecule has 174 valence electrons. The van der Waals surface area contributed by atoms with Crippen molar-refractivity contribution in [3.63, 3.8) is 0 Å². The summed E-state index contributed by atoms with van der Waals surface area (Å²) < 4.78 is 19.3. The highest BCUT2D eigenvalue weighted by Gasteiger charge is 2.29. The zero-order valence-corrected chi connectivity index (χ0v) is 19.4. The highest BCUT2D eigenvalue weighted by atomic mass is 19.1. The molecule has 0 saturated carbocycles. The Hall–Kier alpha value is -3.41. The molecule has 5 nitrogen and oxygen atoms in total. The molecule has 0 aromatic heterocycles. The van der Waals surface area contributed by atoms with Gasteiger partial charge in [-0.25, -0.2) is 4.39 Å². The monoisotopic (exact) mass is 450 g/mol. The molecule has 0 aliphatic carbocycles. The maximum absolute atomic E-state index is 13.4. The van der Waals surface area contributed by atoms with Crippen molar-refractivity contribution >= 4 is 22.6 Å². The van der Waals surface area contributed by atoms with Gasteiger partial charge >= 0.3 is 0 Å². The predicted molar refractivity (Wildman–Crippen MR) is 128 cm³/mol. The molecule has 1 N–H and O–H groups in total. The molecule has 0 unspecified atom stereocenters. The number of hydrogen-bond acceptors (Lipinski definition) is 3. The van der Waals surface area contributed by atoms with Gasteiger partial charge in [0.25, 0.3) is 5.91 Å². The van der Waals surface area contributed by atoms with E-state index in [0.717, 1.165) is 22.8 Å². The maximum atomic E-state index is 13.4. The number of hydrogen-bond donors (Lipinski definition) is 1. The van der Waals surface area contributed by atoms with E-state index in [2.05, 4.69) is 5.32 Å². The molecule has 0 saturated heterocycles. The highest BCUT2D eigenvalue weighted by molar-refractivity contribution is 5.90. The summed E-state index contributed by atoms with van der Waals surface area (Å²) in [6.45, 7) is 5.77. The third-order valence-electron chi connectivity index (χ3n) is 5.75. The maximum Gasteiger partial charge on any atom is 0.261 e. The number of benzene rings is 3. The standard InChI is InChI=1S/C27H31FN2O3/c1-4-19(3)29-27(32)24(5-2)30(17-20-13-15-22(28)16-14-20)26(31)18-33-25-12-8-10-21-9-6-7-11-23(21)25/h6-16,19,24H,4-5,17-18H2,1-3H3,(H,29,32)/t19-,24-/m1/s1. The van der Waals surface area contributed by atoms with Crippen LogP contribution in [0.4, 0.5) is 4.39 Å². The molecule has 0 aliphatic rings. The normalized spacial score (nSPS) is 12.7. The summed E-state index contributed by atoms with van der Waals surface area (Å²) in [5, 5.41) is 4.91. The minimum Gasteiger partial charge on any atom is -0.483 e. The van der Waals surface area contributed by atoms with E-state index in [9.17, 15) is 14.0 Å². The van der Waals surface area contributed by atoms with Crippen LogP contribution in [0.25, 0.3) is 10.8 Å². The van der Waals surface area contributed by atoms with Crippen molar-refractivity contribution in [2.75, 3.05) is 6.61 Å². The lowest BCUT2D eigenvalue weighted by Gasteiger charge is -2.31. The second-order valence-corrected chi connectivity index (χ2v) is 8.16. The van der Waals surface area contributed by atoms with Gasteiger partial charge in [-0.05, 0) is 48.9 Å². The van der Waals surface area contributed by atoms with Crippen LogP contribution in [0, 0.1) is 5.82 Å². The number of halogens is 1. The molecule has 2 amide bonds. The Balaban J connectivity index is 1.82. The van der Waals surface area contributed by atoms with E-state index in [-0.39, 0.29) is 36.8 Å². The Morgan fingerprint density at radius 2 is 1.67 bits per heavy atom. The van der Waals surface area contributed by atoms with E-state index in [1.165, 1.54) is 17.0 Å². The van der Waals surface area contributed by atoms with Crippen LogP contribution in [-0.2, 0) is 16.1 Å². The van der Waals surface area contributed by atoms with Crippen LogP contribution in [0.15, 0.2) is 66.7 Å². The lowest BCUT2D eigenvalue weighted by molar-refractivity contribution is -0.143. The van der Waals surface area contributed by atoms with Gasteiger partial charge in [0.2, 0.25) is 5.91 Å². The van der Waals surface area contributed by atoms with Gasteiger partial charge in [-0.3, -0.25) is 9.59 Å². The molecule has 0 radical (unpaired) electrons. The zero-order chi connectivity index (χ0) is 23.8. The van der Waals surface area contributed by atoms with E-state index in [0.29, 0.717) is 12.2 Å². The summed E-state index contributed by atoms with van der Waals surface area (Å²) in [7, 11) is 0. The van der Waals surface area contributed by atoms with Crippen LogP contribution in [0.3, 0.4) is 0 Å². The Labute approximate surface area is 194 Å². The average Bonchev–Trinajstić information content (AvgIpc) is 2.83. The van der Waals surface area contributed by atoms with Gasteiger partial charge in [0.05, 0.1) is 0 Å². The van der Waals surface area contributed by atoms with Gasteiger partial charge in [-0.15, -0.1) is 0 Å². The van der Waals surface area contributed by atoms with Crippen molar-refractivity contribution in [1.82, 2.24) is 10.2 Å². The number of carbonyl (C=O) groups excluding carboxylic acids is 2. The van der Waals surface area contributed by atoms with Crippen molar-refractivity contribution in [2.45, 2.75) is 52.2 Å². The first-order valence-electron chi connectivity index (χ1n) is 11.4. The molecule has 3 aromatic carbocycles. The second-order valence-electron chi connectivity index (χ2n) is 8.16. The molecule has 33 heavy (non-hydrogen) atoms. The highest BCUT2D eigenvalue weighted by Crippen LogP contribution is 2.25. The number of amides is 2. The minimum absolute atomic E-state index is 0.00116. The van der Waals surface area contributed by atoms with Gasteiger partial charge < -0.3 is 15.0 Å². The lowest BCUT2D eigenvalue weighted by Crippen LogP contribution is -2.51. The zero-order valence-electron chi connectivity index (χ0n) is 19.4. The van der Waals surface area contributed by atoms with Crippen LogP contribution in [0.5, 0.6) is 5.75 Å². The van der Waals surface area contributed by atoms with Gasteiger partial charge in [-0.2, -0.15) is 0 Å². The number of fused-ring (bicyclic) bond motifs is 1. The minimum atomic E-state index is -0.660. The summed E-state index contributed by atoms with van der Waals surface area (Å²) >= 11 is 0. The first-order chi connectivity index (χ1) is 15.9. The molecular formula is C27H31FN2O3. The van der Waals surface area contributed by atoms with Crippen LogP contribution >= 0.6 is 0 Å². The quantitative estimate of drug-likeness (QED) is 0.469. The molecule has 0 aliphatic heterocycles. The Kier molecular flexibility index (Phi) is 8.41. The van der Waals surface area contributed by atoms with E-state index >= 15 is 0 Å². The number of nitrogens with zero attached hydrogens (tertiary/aromatic N) is 1. The molecule has 6 heteroatoms. The topological polar surface area (TPSA) is 58.6 Å². The molecule has 3 rings (SSSR count). The summed E-state index contributed by atoms with van der Waals surface area (Å²) in [5.41, 5.74) is 0.740. The number of carbonyl (C=O) groups is 2. The molecule has 0 spiro atoms. The Morgan fingerprint density at radius 3 is 2.36 bits per heavy atom. The predicted octanol–water partition coefficient (Wildman–Crippen LogP) is 5.08. The van der Waals surface area contributed by atoms with Crippen LogP contribution in [0.2, 0.25) is 0 Å². The van der Waals surface area contributed by atoms with Crippen LogP contribution in [0.1, 0.15) is 39.2 Å². The smallest absolute Gasteiger partial charge is 0.261 e. The summed E-state index contributed by atoms with van der Waals surface area (Å²) in [6.07, 6.45) is 1.24. The van der Waals surface area contributed by atoms with Crippen LogP contribution < -0.4 is 10.1 Å². The molecule has 0 bridgehead atoms. The Bertz CT molecular complexity index is 1080. The lowest BCUT2D eigenvalue weighted by atomic mass is 10.1. The molecule has 0 fully saturated rings. The van der Waals surface area contributed by atoms with Gasteiger partial charge in [0, 0.05) is 18.0 Å². The summed E-state index contributed by atoms with van der Waals surface area (Å²) in [6, 6.07) is 18.8. The number of nitrogens with one attached hydrogen (secondary N) is 1. The van der Waals surface area contributed by atoms with E-state index in [4.69, 9.17) is 4.74 Å². The van der Waals surface area contributed by atoms with E-state index in [1.54, 1.807) is 12.1 Å². The van der Waals surface area contributed by atoms with Crippen molar-refractivity contribution in [3.05, 3.63) is 78.1 Å². The fourth-order valence-electron chi connectivity index (χ4n) is 3.69. The molecule has 2 atom stereocenters. The SMILES string of the molecule is CC[C@@H](C)NC(=O)[C@@H](CC)N(Cc1ccc(F)cc1)C(=O)COc1cccc2ccccc12. The summed E-state index contributed by atoms with van der Waals surface area (Å²) in [4.78, 5) is 27.8. The average molecular weight is 451 g/mol. The van der Waals surface area contributed by atoms with Crippen molar-refractivity contribution in [1.29, 1.82) is 0 Å². The van der Waals surface area contributed by atoms with Gasteiger partial charge in [-0.1, -0.05) is 62.4 Å². The first kappa shape index (κ1) is 24.2. The number of ether oxygens (including phenoxy) is 1. The first-order valence-corrected chi connectivity index (χ1v) is 11.4. The molecule has 0 heterocycles. The summed E-state index contributed by atoms with van der Waals surface area (Å²) in [5.74, 6) is -0.247. The van der Waals surface area contributed by atoms with E-state index < -0.39 is 6.04 Å². The van der Waals surface area contributed by atoms with Crippen molar-refractivity contribution in [3.8, 4) is 5.75 Å². The van der Waals surface area contributed by atoms with Crippen molar-refractivity contribution in [2.24, 2.45) is 0 Å². The molecular weight excluding hydrogens is 419 g/mol. The van der Waals surface area contributed by atoms with Crippen molar-refractivity contribution < 1.29 is 18.7 Å². The fraction of sp³-hybridized carbons (Fsp3) is 0.333. The van der Waals surface area contributed by atoms with E-state index in [1.807, 2.05) is 63.2 Å². The van der Waals surface area contributed by atoms with Crippen LogP contribution in [-0.4, -0.2) is 35.4 Å². The Morgan fingerprint density at radius 1 is 0.970 bits per heavy atom. The largest absolute Gasteiger partial charge is 0.483 e.